The minimum atomic E-state index is -3.18. The quantitative estimate of drug-likeness (QED) is 0.812. The Balaban J connectivity index is 0.00000192. The van der Waals surface area contributed by atoms with Crippen LogP contribution in [0.25, 0.3) is 0 Å². The van der Waals surface area contributed by atoms with E-state index in [0.29, 0.717) is 6.54 Å². The van der Waals surface area contributed by atoms with Crippen molar-refractivity contribution in [1.82, 2.24) is 4.90 Å². The van der Waals surface area contributed by atoms with E-state index in [9.17, 15) is 8.42 Å². The van der Waals surface area contributed by atoms with Crippen LogP contribution in [0.2, 0.25) is 0 Å². The second-order valence-electron chi connectivity index (χ2n) is 6.64. The van der Waals surface area contributed by atoms with Crippen molar-refractivity contribution in [2.75, 3.05) is 36.2 Å². The van der Waals surface area contributed by atoms with E-state index in [-0.39, 0.29) is 18.2 Å². The molecule has 1 aromatic rings. The number of nitrogens with zero attached hydrogens (tertiary/aromatic N) is 2. The lowest BCUT2D eigenvalue weighted by Gasteiger charge is -2.30. The molecule has 1 saturated heterocycles. The lowest BCUT2D eigenvalue weighted by Crippen LogP contribution is -2.36. The SMILES string of the molecule is CC1CCN(CCCS(=O)(=O)N2CCc3ccccc32)CC1.Cl. The summed E-state index contributed by atoms with van der Waals surface area (Å²) < 4.78 is 26.8. The van der Waals surface area contributed by atoms with Gasteiger partial charge >= 0.3 is 0 Å². The Labute approximate surface area is 146 Å². The maximum Gasteiger partial charge on any atom is 0.235 e. The number of benzene rings is 1. The first kappa shape index (κ1) is 18.6. The Morgan fingerprint density at radius 1 is 1.13 bits per heavy atom. The molecule has 0 aromatic heterocycles. The molecule has 2 aliphatic rings. The molecule has 23 heavy (non-hydrogen) atoms. The zero-order valence-corrected chi connectivity index (χ0v) is 15.4. The number of piperidine rings is 1. The Bertz CT molecular complexity index is 613. The van der Waals surface area contributed by atoms with Gasteiger partial charge in [-0.1, -0.05) is 25.1 Å². The third-order valence-corrected chi connectivity index (χ3v) is 6.79. The zero-order valence-electron chi connectivity index (χ0n) is 13.8. The van der Waals surface area contributed by atoms with Crippen molar-refractivity contribution in [3.63, 3.8) is 0 Å². The molecule has 2 aliphatic heterocycles. The van der Waals surface area contributed by atoms with Gasteiger partial charge < -0.3 is 4.90 Å². The first-order valence-corrected chi connectivity index (χ1v) is 9.98. The van der Waals surface area contributed by atoms with Crippen LogP contribution in [0.4, 0.5) is 5.69 Å². The molecule has 0 spiro atoms. The molecule has 1 fully saturated rings. The molecule has 0 bridgehead atoms. The van der Waals surface area contributed by atoms with Crippen LogP contribution >= 0.6 is 12.4 Å². The molecule has 3 rings (SSSR count). The van der Waals surface area contributed by atoms with Gasteiger partial charge in [-0.25, -0.2) is 8.42 Å². The summed E-state index contributed by atoms with van der Waals surface area (Å²) in [6.07, 6.45) is 4.05. The maximum atomic E-state index is 12.6. The highest BCUT2D eigenvalue weighted by molar-refractivity contribution is 7.92. The molecule has 6 heteroatoms. The van der Waals surface area contributed by atoms with Crippen molar-refractivity contribution in [2.24, 2.45) is 5.92 Å². The van der Waals surface area contributed by atoms with E-state index in [1.807, 2.05) is 24.3 Å². The van der Waals surface area contributed by atoms with Crippen LogP contribution in [-0.4, -0.2) is 45.2 Å². The molecular weight excluding hydrogens is 332 g/mol. The third kappa shape index (κ3) is 4.40. The average Bonchev–Trinajstić information content (AvgIpc) is 2.94. The normalized spacial score (nSPS) is 19.4. The van der Waals surface area contributed by atoms with E-state index in [1.54, 1.807) is 4.31 Å². The summed E-state index contributed by atoms with van der Waals surface area (Å²) in [5.74, 6) is 1.08. The van der Waals surface area contributed by atoms with E-state index >= 15 is 0 Å². The van der Waals surface area contributed by atoms with E-state index in [4.69, 9.17) is 0 Å². The van der Waals surface area contributed by atoms with Crippen LogP contribution in [-0.2, 0) is 16.4 Å². The molecule has 0 atom stereocenters. The molecule has 4 nitrogen and oxygen atoms in total. The second kappa shape index (κ2) is 7.86. The molecule has 0 N–H and O–H groups in total. The fourth-order valence-electron chi connectivity index (χ4n) is 3.46. The largest absolute Gasteiger partial charge is 0.303 e. The average molecular weight is 359 g/mol. The van der Waals surface area contributed by atoms with Gasteiger partial charge in [0, 0.05) is 6.54 Å². The molecule has 130 valence electrons. The summed E-state index contributed by atoms with van der Waals surface area (Å²) in [5, 5.41) is 0. The van der Waals surface area contributed by atoms with Gasteiger partial charge in [0.1, 0.15) is 0 Å². The summed E-state index contributed by atoms with van der Waals surface area (Å²) in [7, 11) is -3.18. The lowest BCUT2D eigenvalue weighted by molar-refractivity contribution is 0.193. The number of hydrogen-bond acceptors (Lipinski definition) is 3. The fraction of sp³-hybridized carbons (Fsp3) is 0.647. The fourth-order valence-corrected chi connectivity index (χ4v) is 5.02. The van der Waals surface area contributed by atoms with Gasteiger partial charge in [0.05, 0.1) is 11.4 Å². The lowest BCUT2D eigenvalue weighted by atomic mass is 9.99. The molecule has 0 amide bonds. The molecule has 0 saturated carbocycles. The zero-order chi connectivity index (χ0) is 15.6. The van der Waals surface area contributed by atoms with E-state index in [1.165, 1.54) is 12.8 Å². The molecular formula is C17H27ClN2O2S. The highest BCUT2D eigenvalue weighted by Gasteiger charge is 2.28. The van der Waals surface area contributed by atoms with Crippen LogP contribution in [0.5, 0.6) is 0 Å². The minimum Gasteiger partial charge on any atom is -0.303 e. The van der Waals surface area contributed by atoms with Crippen LogP contribution in [0.3, 0.4) is 0 Å². The van der Waals surface area contributed by atoms with E-state index in [0.717, 1.165) is 49.6 Å². The van der Waals surface area contributed by atoms with Crippen molar-refractivity contribution in [3.05, 3.63) is 29.8 Å². The van der Waals surface area contributed by atoms with Gasteiger partial charge in [-0.3, -0.25) is 4.31 Å². The maximum absolute atomic E-state index is 12.6. The standard InChI is InChI=1S/C17H26N2O2S.ClH/c1-15-7-11-18(12-8-15)10-4-14-22(20,21)19-13-9-16-5-2-3-6-17(16)19;/h2-3,5-6,15H,4,7-14H2,1H3;1H. The highest BCUT2D eigenvalue weighted by Crippen LogP contribution is 2.30. The van der Waals surface area contributed by atoms with Crippen LogP contribution < -0.4 is 4.31 Å². The van der Waals surface area contributed by atoms with Gasteiger partial charge in [0.15, 0.2) is 0 Å². The summed E-state index contributed by atoms with van der Waals surface area (Å²) in [4.78, 5) is 2.41. The Morgan fingerprint density at radius 2 is 1.83 bits per heavy atom. The summed E-state index contributed by atoms with van der Waals surface area (Å²) in [6, 6.07) is 7.85. The summed E-state index contributed by atoms with van der Waals surface area (Å²) in [6.45, 7) is 6.04. The van der Waals surface area contributed by atoms with Gasteiger partial charge in [-0.15, -0.1) is 12.4 Å². The van der Waals surface area contributed by atoms with Gasteiger partial charge in [0.2, 0.25) is 10.0 Å². The van der Waals surface area contributed by atoms with Gasteiger partial charge in [-0.2, -0.15) is 0 Å². The van der Waals surface area contributed by atoms with Crippen LogP contribution in [0.15, 0.2) is 24.3 Å². The first-order valence-electron chi connectivity index (χ1n) is 8.37. The molecule has 0 radical (unpaired) electrons. The van der Waals surface area contributed by atoms with Crippen molar-refractivity contribution in [2.45, 2.75) is 32.6 Å². The van der Waals surface area contributed by atoms with E-state index < -0.39 is 10.0 Å². The summed E-state index contributed by atoms with van der Waals surface area (Å²) in [5.41, 5.74) is 2.03. The smallest absolute Gasteiger partial charge is 0.235 e. The van der Waals surface area contributed by atoms with Gasteiger partial charge in [-0.05, 0) is 62.9 Å². The predicted molar refractivity (Wildman–Crippen MR) is 98.0 cm³/mol. The number of fused-ring (bicyclic) bond motifs is 1. The topological polar surface area (TPSA) is 40.6 Å². The molecule has 0 aliphatic carbocycles. The number of likely N-dealkylation sites (tertiary alicyclic amines) is 1. The van der Waals surface area contributed by atoms with Crippen molar-refractivity contribution in [1.29, 1.82) is 0 Å². The monoisotopic (exact) mass is 358 g/mol. The second-order valence-corrected chi connectivity index (χ2v) is 8.66. The first-order chi connectivity index (χ1) is 10.6. The summed E-state index contributed by atoms with van der Waals surface area (Å²) >= 11 is 0. The third-order valence-electron chi connectivity index (χ3n) is 4.93. The van der Waals surface area contributed by atoms with E-state index in [2.05, 4.69) is 11.8 Å². The molecule has 1 aromatic carbocycles. The van der Waals surface area contributed by atoms with Crippen molar-refractivity contribution >= 4 is 28.1 Å². The molecule has 2 heterocycles. The number of halogens is 1. The number of anilines is 1. The number of hydrogen-bond donors (Lipinski definition) is 0. The Kier molecular flexibility index (Phi) is 6.34. The van der Waals surface area contributed by atoms with Gasteiger partial charge in [0.25, 0.3) is 0 Å². The Morgan fingerprint density at radius 3 is 2.57 bits per heavy atom. The minimum absolute atomic E-state index is 0. The van der Waals surface area contributed by atoms with Crippen LogP contribution in [0.1, 0.15) is 31.7 Å². The number of sulfonamides is 1. The number of rotatable bonds is 5. The predicted octanol–water partition coefficient (Wildman–Crippen LogP) is 2.92. The van der Waals surface area contributed by atoms with Crippen LogP contribution in [0, 0.1) is 5.92 Å². The number of para-hydroxylation sites is 1. The molecule has 0 unspecified atom stereocenters. The van der Waals surface area contributed by atoms with Crippen molar-refractivity contribution < 1.29 is 8.42 Å². The Hall–Kier alpha value is -0.780. The highest BCUT2D eigenvalue weighted by atomic mass is 35.5. The van der Waals surface area contributed by atoms with Crippen molar-refractivity contribution in [3.8, 4) is 0 Å².